The molecule has 0 amide bonds. The number of para-hydroxylation sites is 1. The van der Waals surface area contributed by atoms with E-state index in [-0.39, 0.29) is 5.56 Å². The summed E-state index contributed by atoms with van der Waals surface area (Å²) in [5, 5.41) is 13.4. The van der Waals surface area contributed by atoms with Crippen LogP contribution in [0.4, 0.5) is 11.4 Å². The fraction of sp³-hybridized carbons (Fsp3) is 0. The zero-order valence-electron chi connectivity index (χ0n) is 14.3. The standard InChI is InChI=1S/C22H16N2O2S/c25-22(26)15-9-11-16(12-10-15)24-19-13-14-23-21-18(19)7-4-8-20(21)27-17-5-2-1-3-6-17/h1-14H,(H,23,24)(H,25,26). The van der Waals surface area contributed by atoms with Gasteiger partial charge in [0.2, 0.25) is 0 Å². The van der Waals surface area contributed by atoms with Crippen molar-refractivity contribution in [3.63, 3.8) is 0 Å². The van der Waals surface area contributed by atoms with Gasteiger partial charge in [-0.05, 0) is 48.5 Å². The monoisotopic (exact) mass is 372 g/mol. The molecule has 0 saturated carbocycles. The zero-order chi connectivity index (χ0) is 18.6. The molecule has 4 nitrogen and oxygen atoms in total. The number of carboxylic acid groups (broad SMARTS) is 1. The Kier molecular flexibility index (Phi) is 4.77. The van der Waals surface area contributed by atoms with Gasteiger partial charge in [-0.1, -0.05) is 42.1 Å². The van der Waals surface area contributed by atoms with E-state index in [0.717, 1.165) is 32.1 Å². The van der Waals surface area contributed by atoms with Crippen molar-refractivity contribution in [2.45, 2.75) is 9.79 Å². The normalized spacial score (nSPS) is 10.7. The van der Waals surface area contributed by atoms with Gasteiger partial charge in [-0.25, -0.2) is 4.79 Å². The summed E-state index contributed by atoms with van der Waals surface area (Å²) in [6, 6.07) is 25.0. The maximum Gasteiger partial charge on any atom is 0.335 e. The third-order valence-electron chi connectivity index (χ3n) is 4.12. The van der Waals surface area contributed by atoms with Crippen LogP contribution in [0.1, 0.15) is 10.4 Å². The number of anilines is 2. The minimum Gasteiger partial charge on any atom is -0.478 e. The fourth-order valence-electron chi connectivity index (χ4n) is 2.81. The van der Waals surface area contributed by atoms with Crippen LogP contribution in [0.2, 0.25) is 0 Å². The molecule has 132 valence electrons. The molecule has 0 aliphatic rings. The van der Waals surface area contributed by atoms with Gasteiger partial charge in [-0.15, -0.1) is 0 Å². The number of carbonyl (C=O) groups is 1. The molecule has 0 fully saturated rings. The van der Waals surface area contributed by atoms with Crippen molar-refractivity contribution in [3.8, 4) is 0 Å². The molecule has 0 saturated heterocycles. The summed E-state index contributed by atoms with van der Waals surface area (Å²) in [5.41, 5.74) is 2.95. The van der Waals surface area contributed by atoms with Crippen molar-refractivity contribution in [2.24, 2.45) is 0 Å². The lowest BCUT2D eigenvalue weighted by atomic mass is 10.1. The van der Waals surface area contributed by atoms with E-state index in [0.29, 0.717) is 0 Å². The van der Waals surface area contributed by atoms with Crippen molar-refractivity contribution >= 4 is 40.0 Å². The van der Waals surface area contributed by atoms with Crippen LogP contribution in [0.3, 0.4) is 0 Å². The number of fused-ring (bicyclic) bond motifs is 1. The molecule has 0 atom stereocenters. The lowest BCUT2D eigenvalue weighted by Gasteiger charge is -2.12. The minimum atomic E-state index is -0.932. The molecule has 0 aliphatic heterocycles. The van der Waals surface area contributed by atoms with Crippen LogP contribution in [-0.4, -0.2) is 16.1 Å². The average molecular weight is 372 g/mol. The highest BCUT2D eigenvalue weighted by Crippen LogP contribution is 2.35. The lowest BCUT2D eigenvalue weighted by Crippen LogP contribution is -1.97. The van der Waals surface area contributed by atoms with E-state index in [1.54, 1.807) is 42.2 Å². The zero-order valence-corrected chi connectivity index (χ0v) is 15.1. The first-order valence-corrected chi connectivity index (χ1v) is 9.23. The molecule has 0 spiro atoms. The van der Waals surface area contributed by atoms with Gasteiger partial charge in [-0.2, -0.15) is 0 Å². The molecule has 0 unspecified atom stereocenters. The van der Waals surface area contributed by atoms with Crippen molar-refractivity contribution in [1.82, 2.24) is 4.98 Å². The number of aromatic nitrogens is 1. The smallest absolute Gasteiger partial charge is 0.335 e. The van der Waals surface area contributed by atoms with Crippen LogP contribution in [0.5, 0.6) is 0 Å². The van der Waals surface area contributed by atoms with E-state index in [9.17, 15) is 4.79 Å². The van der Waals surface area contributed by atoms with Crippen molar-refractivity contribution in [1.29, 1.82) is 0 Å². The molecule has 5 heteroatoms. The Bertz CT molecular complexity index is 1100. The highest BCUT2D eigenvalue weighted by molar-refractivity contribution is 7.99. The van der Waals surface area contributed by atoms with Gasteiger partial charge in [-0.3, -0.25) is 4.98 Å². The Balaban J connectivity index is 1.68. The number of rotatable bonds is 5. The molecule has 27 heavy (non-hydrogen) atoms. The summed E-state index contributed by atoms with van der Waals surface area (Å²) in [6.07, 6.45) is 1.78. The van der Waals surface area contributed by atoms with E-state index in [2.05, 4.69) is 28.5 Å². The number of nitrogens with one attached hydrogen (secondary N) is 1. The number of benzene rings is 3. The van der Waals surface area contributed by atoms with E-state index in [1.165, 1.54) is 0 Å². The number of nitrogens with zero attached hydrogens (tertiary/aromatic N) is 1. The predicted molar refractivity (Wildman–Crippen MR) is 109 cm³/mol. The van der Waals surface area contributed by atoms with E-state index < -0.39 is 5.97 Å². The molecule has 0 aliphatic carbocycles. The Morgan fingerprint density at radius 1 is 0.889 bits per heavy atom. The quantitative estimate of drug-likeness (QED) is 0.462. The van der Waals surface area contributed by atoms with Crippen molar-refractivity contribution in [3.05, 3.63) is 90.6 Å². The largest absolute Gasteiger partial charge is 0.478 e. The molecule has 3 aromatic carbocycles. The second kappa shape index (κ2) is 7.51. The van der Waals surface area contributed by atoms with Gasteiger partial charge in [0.25, 0.3) is 0 Å². The fourth-order valence-corrected chi connectivity index (χ4v) is 3.76. The van der Waals surface area contributed by atoms with Gasteiger partial charge in [0.05, 0.1) is 11.1 Å². The highest BCUT2D eigenvalue weighted by Gasteiger charge is 2.09. The van der Waals surface area contributed by atoms with Crippen LogP contribution in [0, 0.1) is 0 Å². The Morgan fingerprint density at radius 3 is 2.41 bits per heavy atom. The molecule has 0 radical (unpaired) electrons. The number of hydrogen-bond acceptors (Lipinski definition) is 4. The van der Waals surface area contributed by atoms with Crippen LogP contribution in [-0.2, 0) is 0 Å². The second-order valence-corrected chi connectivity index (χ2v) is 7.05. The molecule has 1 aromatic heterocycles. The van der Waals surface area contributed by atoms with Gasteiger partial charge in [0, 0.05) is 32.7 Å². The predicted octanol–water partition coefficient (Wildman–Crippen LogP) is 5.83. The number of hydrogen-bond donors (Lipinski definition) is 2. The Morgan fingerprint density at radius 2 is 1.67 bits per heavy atom. The maximum absolute atomic E-state index is 11.0. The Hall–Kier alpha value is -3.31. The van der Waals surface area contributed by atoms with Crippen LogP contribution < -0.4 is 5.32 Å². The van der Waals surface area contributed by atoms with E-state index in [1.807, 2.05) is 36.4 Å². The van der Waals surface area contributed by atoms with E-state index in [4.69, 9.17) is 5.11 Å². The molecule has 4 rings (SSSR count). The maximum atomic E-state index is 11.0. The van der Waals surface area contributed by atoms with E-state index >= 15 is 0 Å². The van der Waals surface area contributed by atoms with Crippen molar-refractivity contribution in [2.75, 3.05) is 5.32 Å². The third kappa shape index (κ3) is 3.78. The molecular formula is C22H16N2O2S. The van der Waals surface area contributed by atoms with Gasteiger partial charge >= 0.3 is 5.97 Å². The van der Waals surface area contributed by atoms with Crippen LogP contribution >= 0.6 is 11.8 Å². The first kappa shape index (κ1) is 17.1. The molecular weight excluding hydrogens is 356 g/mol. The van der Waals surface area contributed by atoms with Gasteiger partial charge in [0.15, 0.2) is 0 Å². The minimum absolute atomic E-state index is 0.265. The first-order valence-electron chi connectivity index (χ1n) is 8.42. The molecule has 2 N–H and O–H groups in total. The topological polar surface area (TPSA) is 62.2 Å². The number of pyridine rings is 1. The second-order valence-electron chi connectivity index (χ2n) is 5.93. The summed E-state index contributed by atoms with van der Waals surface area (Å²) in [5.74, 6) is -0.932. The van der Waals surface area contributed by atoms with Crippen molar-refractivity contribution < 1.29 is 9.90 Å². The third-order valence-corrected chi connectivity index (χ3v) is 5.17. The SMILES string of the molecule is O=C(O)c1ccc(Nc2ccnc3c(Sc4ccccc4)cccc23)cc1. The van der Waals surface area contributed by atoms with Crippen LogP contribution in [0.15, 0.2) is 94.9 Å². The number of carboxylic acids is 1. The lowest BCUT2D eigenvalue weighted by molar-refractivity contribution is 0.0697. The molecule has 1 heterocycles. The summed E-state index contributed by atoms with van der Waals surface area (Å²) in [7, 11) is 0. The molecule has 4 aromatic rings. The summed E-state index contributed by atoms with van der Waals surface area (Å²) < 4.78 is 0. The van der Waals surface area contributed by atoms with Gasteiger partial charge in [0.1, 0.15) is 0 Å². The summed E-state index contributed by atoms with van der Waals surface area (Å²) >= 11 is 1.68. The number of aromatic carboxylic acids is 1. The summed E-state index contributed by atoms with van der Waals surface area (Å²) in [6.45, 7) is 0. The molecule has 0 bridgehead atoms. The first-order chi connectivity index (χ1) is 13.2. The van der Waals surface area contributed by atoms with Crippen LogP contribution in [0.25, 0.3) is 10.9 Å². The Labute approximate surface area is 160 Å². The average Bonchev–Trinajstić information content (AvgIpc) is 2.70. The summed E-state index contributed by atoms with van der Waals surface area (Å²) in [4.78, 5) is 17.8. The van der Waals surface area contributed by atoms with Gasteiger partial charge < -0.3 is 10.4 Å². The highest BCUT2D eigenvalue weighted by atomic mass is 32.2.